The number of hydrogen-bond acceptors (Lipinski definition) is 6. The van der Waals surface area contributed by atoms with Gasteiger partial charge in [-0.2, -0.15) is 0 Å². The summed E-state index contributed by atoms with van der Waals surface area (Å²) in [5.74, 6) is -4.68. The molecule has 0 unspecified atom stereocenters. The molecule has 2 aromatic rings. The monoisotopic (exact) mass is 469 g/mol. The maximum atomic E-state index is 14.4. The van der Waals surface area contributed by atoms with Crippen LogP contribution in [0.5, 0.6) is 0 Å². The van der Waals surface area contributed by atoms with Gasteiger partial charge in [-0.25, -0.2) is 23.6 Å². The van der Waals surface area contributed by atoms with Crippen LogP contribution in [0.3, 0.4) is 0 Å². The van der Waals surface area contributed by atoms with E-state index in [9.17, 15) is 18.0 Å². The van der Waals surface area contributed by atoms with E-state index >= 15 is 0 Å². The van der Waals surface area contributed by atoms with Crippen molar-refractivity contribution in [2.45, 2.75) is 6.10 Å². The maximum Gasteiger partial charge on any atom is 0.277 e. The molecule has 0 spiro atoms. The van der Waals surface area contributed by atoms with Crippen LogP contribution in [0.1, 0.15) is 10.4 Å². The number of carbonyl (C=O) groups is 1. The Kier molecular flexibility index (Phi) is 7.39. The molecule has 146 valence electrons. The molecular formula is C15H12BrClF3N3O4. The van der Waals surface area contributed by atoms with E-state index in [-0.39, 0.29) is 10.3 Å². The second-order valence-electron chi connectivity index (χ2n) is 5.10. The number of nitrogens with one attached hydrogen (secondary N) is 2. The minimum atomic E-state index is -1.47. The minimum absolute atomic E-state index is 0.0888. The second kappa shape index (κ2) is 9.33. The average Bonchev–Trinajstić information content (AvgIpc) is 2.63. The molecule has 27 heavy (non-hydrogen) atoms. The number of hydroxylamine groups is 1. The molecule has 0 bridgehead atoms. The van der Waals surface area contributed by atoms with Crippen molar-refractivity contribution in [3.63, 3.8) is 0 Å². The molecule has 1 heterocycles. The van der Waals surface area contributed by atoms with E-state index in [1.807, 2.05) is 5.48 Å². The summed E-state index contributed by atoms with van der Waals surface area (Å²) in [6, 6.07) is 1.87. The Hall–Kier alpha value is -1.92. The van der Waals surface area contributed by atoms with E-state index in [4.69, 9.17) is 21.8 Å². The molecule has 4 N–H and O–H groups in total. The number of nitrogens with zero attached hydrogens (tertiary/aromatic N) is 1. The molecule has 0 aliphatic heterocycles. The SMILES string of the molecule is O=C(NOC[C@H](O)CO)c1cc(Cl)c(F)c(F)c1Nc1ncc(F)cc1Br. The zero-order valence-corrected chi connectivity index (χ0v) is 15.6. The highest BCUT2D eigenvalue weighted by Gasteiger charge is 2.23. The lowest BCUT2D eigenvalue weighted by atomic mass is 10.1. The molecule has 1 aromatic carbocycles. The van der Waals surface area contributed by atoms with Gasteiger partial charge >= 0.3 is 0 Å². The highest BCUT2D eigenvalue weighted by atomic mass is 79.9. The molecule has 0 saturated carbocycles. The zero-order chi connectivity index (χ0) is 20.1. The maximum absolute atomic E-state index is 14.4. The van der Waals surface area contributed by atoms with Crippen LogP contribution in [0.25, 0.3) is 0 Å². The van der Waals surface area contributed by atoms with Gasteiger partial charge < -0.3 is 15.5 Å². The average molecular weight is 471 g/mol. The van der Waals surface area contributed by atoms with Crippen molar-refractivity contribution in [2.24, 2.45) is 0 Å². The number of halogens is 5. The molecule has 12 heteroatoms. The second-order valence-corrected chi connectivity index (χ2v) is 6.36. The number of amides is 1. The number of aromatic nitrogens is 1. The van der Waals surface area contributed by atoms with E-state index in [0.29, 0.717) is 0 Å². The molecule has 7 nitrogen and oxygen atoms in total. The van der Waals surface area contributed by atoms with Crippen molar-refractivity contribution in [3.8, 4) is 0 Å². The molecule has 1 amide bonds. The molecule has 0 fully saturated rings. The molecule has 2 rings (SSSR count). The number of hydrogen-bond donors (Lipinski definition) is 4. The van der Waals surface area contributed by atoms with Gasteiger partial charge in [0.2, 0.25) is 0 Å². The first kappa shape index (κ1) is 21.4. The van der Waals surface area contributed by atoms with Gasteiger partial charge in [-0.1, -0.05) is 11.6 Å². The van der Waals surface area contributed by atoms with Gasteiger partial charge in [-0.3, -0.25) is 9.63 Å². The van der Waals surface area contributed by atoms with Gasteiger partial charge in [-0.15, -0.1) is 0 Å². The number of aliphatic hydroxyl groups excluding tert-OH is 2. The summed E-state index contributed by atoms with van der Waals surface area (Å²) in [7, 11) is 0. The predicted molar refractivity (Wildman–Crippen MR) is 93.1 cm³/mol. The molecule has 1 aromatic heterocycles. The topological polar surface area (TPSA) is 104 Å². The summed E-state index contributed by atoms with van der Waals surface area (Å²) in [6.45, 7) is -1.06. The van der Waals surface area contributed by atoms with Crippen LogP contribution in [0.4, 0.5) is 24.7 Å². The van der Waals surface area contributed by atoms with Crippen molar-refractivity contribution in [3.05, 3.63) is 50.8 Å². The van der Waals surface area contributed by atoms with Crippen LogP contribution in [0.15, 0.2) is 22.8 Å². The van der Waals surface area contributed by atoms with Crippen LogP contribution < -0.4 is 10.8 Å². The number of pyridine rings is 1. The first-order chi connectivity index (χ1) is 12.7. The van der Waals surface area contributed by atoms with Crippen molar-refractivity contribution in [1.82, 2.24) is 10.5 Å². The first-order valence-corrected chi connectivity index (χ1v) is 8.38. The van der Waals surface area contributed by atoms with E-state index in [1.165, 1.54) is 0 Å². The fraction of sp³-hybridized carbons (Fsp3) is 0.200. The molecule has 0 saturated heterocycles. The Morgan fingerprint density at radius 2 is 2.04 bits per heavy atom. The summed E-state index contributed by atoms with van der Waals surface area (Å²) in [5.41, 5.74) is 0.825. The van der Waals surface area contributed by atoms with Crippen molar-refractivity contribution in [2.75, 3.05) is 18.5 Å². The molecule has 0 radical (unpaired) electrons. The normalized spacial score (nSPS) is 12.0. The summed E-state index contributed by atoms with van der Waals surface area (Å²) in [6.07, 6.45) is -0.424. The highest BCUT2D eigenvalue weighted by molar-refractivity contribution is 9.10. The molecular weight excluding hydrogens is 459 g/mol. The molecule has 0 aliphatic rings. The summed E-state index contributed by atoms with van der Waals surface area (Å²) in [4.78, 5) is 20.6. The quantitative estimate of drug-likeness (QED) is 0.366. The fourth-order valence-electron chi connectivity index (χ4n) is 1.83. The zero-order valence-electron chi connectivity index (χ0n) is 13.3. The lowest BCUT2D eigenvalue weighted by molar-refractivity contribution is -0.0295. The van der Waals surface area contributed by atoms with Crippen LogP contribution >= 0.6 is 27.5 Å². The number of carbonyl (C=O) groups excluding carboxylic acids is 1. The van der Waals surface area contributed by atoms with E-state index in [1.54, 1.807) is 0 Å². The summed E-state index contributed by atoms with van der Waals surface area (Å²) < 4.78 is 41.4. The summed E-state index contributed by atoms with van der Waals surface area (Å²) in [5, 5.41) is 19.6. The molecule has 1 atom stereocenters. The van der Waals surface area contributed by atoms with Crippen molar-refractivity contribution in [1.29, 1.82) is 0 Å². The molecule has 0 aliphatic carbocycles. The van der Waals surface area contributed by atoms with Crippen molar-refractivity contribution < 1.29 is 33.0 Å². The van der Waals surface area contributed by atoms with Crippen LogP contribution in [0.2, 0.25) is 5.02 Å². The standard InChI is InChI=1S/C15H12BrClF3N3O4/c16-9-1-6(18)3-21-14(9)22-13-8(2-10(17)11(19)12(13)20)15(26)23-27-5-7(25)4-24/h1-3,7,24-25H,4-5H2,(H,21,22)(H,23,26)/t7-/m1/s1. The third-order valence-electron chi connectivity index (χ3n) is 3.11. The number of benzene rings is 1. The van der Waals surface area contributed by atoms with Crippen LogP contribution in [-0.2, 0) is 4.84 Å². The lowest BCUT2D eigenvalue weighted by Gasteiger charge is -2.15. The van der Waals surface area contributed by atoms with E-state index < -0.39 is 59.0 Å². The fourth-order valence-corrected chi connectivity index (χ4v) is 2.44. The Morgan fingerprint density at radius 3 is 2.67 bits per heavy atom. The largest absolute Gasteiger partial charge is 0.394 e. The Balaban J connectivity index is 2.34. The number of aliphatic hydroxyl groups is 2. The minimum Gasteiger partial charge on any atom is -0.394 e. The van der Waals surface area contributed by atoms with Gasteiger partial charge in [0, 0.05) is 0 Å². The van der Waals surface area contributed by atoms with E-state index in [0.717, 1.165) is 18.3 Å². The van der Waals surface area contributed by atoms with Crippen LogP contribution in [0, 0.1) is 17.5 Å². The highest BCUT2D eigenvalue weighted by Crippen LogP contribution is 2.32. The third kappa shape index (κ3) is 5.30. The smallest absolute Gasteiger partial charge is 0.277 e. The Labute approximate surface area is 164 Å². The third-order valence-corrected chi connectivity index (χ3v) is 3.99. The van der Waals surface area contributed by atoms with Gasteiger partial charge in [-0.05, 0) is 28.1 Å². The van der Waals surface area contributed by atoms with Gasteiger partial charge in [0.15, 0.2) is 11.6 Å². The van der Waals surface area contributed by atoms with Gasteiger partial charge in [0.25, 0.3) is 5.91 Å². The van der Waals surface area contributed by atoms with Crippen molar-refractivity contribution >= 4 is 44.9 Å². The number of rotatable bonds is 7. The lowest BCUT2D eigenvalue weighted by Crippen LogP contribution is -2.30. The first-order valence-electron chi connectivity index (χ1n) is 7.21. The van der Waals surface area contributed by atoms with Gasteiger partial charge in [0.05, 0.1) is 33.5 Å². The van der Waals surface area contributed by atoms with Crippen LogP contribution in [-0.4, -0.2) is 40.4 Å². The Bertz CT molecular complexity index is 860. The van der Waals surface area contributed by atoms with Gasteiger partial charge in [0.1, 0.15) is 24.3 Å². The number of anilines is 2. The summed E-state index contributed by atoms with van der Waals surface area (Å²) >= 11 is 8.59. The predicted octanol–water partition coefficient (Wildman–Crippen LogP) is 2.67. The van der Waals surface area contributed by atoms with E-state index in [2.05, 4.69) is 31.1 Å². The Morgan fingerprint density at radius 1 is 1.33 bits per heavy atom.